The molecule has 6 nitrogen and oxygen atoms in total. The van der Waals surface area contributed by atoms with Crippen molar-refractivity contribution in [2.75, 3.05) is 32.7 Å². The Labute approximate surface area is 148 Å². The molecule has 2 atom stereocenters. The van der Waals surface area contributed by atoms with Gasteiger partial charge in [-0.25, -0.2) is 0 Å². The number of nitrogens with zero attached hydrogens (tertiary/aromatic N) is 2. The summed E-state index contributed by atoms with van der Waals surface area (Å²) in [4.78, 5) is 29.4. The van der Waals surface area contributed by atoms with Gasteiger partial charge in [-0.05, 0) is 44.9 Å². The highest BCUT2D eigenvalue weighted by Gasteiger charge is 2.57. The normalized spacial score (nSPS) is 28.4. The first kappa shape index (κ1) is 16.6. The summed E-state index contributed by atoms with van der Waals surface area (Å²) < 4.78 is 5.48. The molecule has 3 aliphatic heterocycles. The molecule has 0 aliphatic carbocycles. The van der Waals surface area contributed by atoms with E-state index in [0.717, 1.165) is 44.7 Å². The maximum Gasteiger partial charge on any atom is 0.289 e. The minimum atomic E-state index is -0.125. The highest BCUT2D eigenvalue weighted by molar-refractivity contribution is 5.91. The van der Waals surface area contributed by atoms with Gasteiger partial charge in [0, 0.05) is 37.6 Å². The number of hydrogen-bond acceptors (Lipinski definition) is 4. The van der Waals surface area contributed by atoms with Crippen LogP contribution in [-0.2, 0) is 4.79 Å². The zero-order valence-electron chi connectivity index (χ0n) is 15.1. The summed E-state index contributed by atoms with van der Waals surface area (Å²) in [5, 5.41) is 3.31. The molecule has 3 saturated heterocycles. The second-order valence-corrected chi connectivity index (χ2v) is 7.82. The van der Waals surface area contributed by atoms with Crippen molar-refractivity contribution in [2.24, 2.45) is 11.8 Å². The number of likely N-dealkylation sites (tertiary alicyclic amines) is 2. The molecule has 0 unspecified atom stereocenters. The molecule has 3 fully saturated rings. The Bertz CT molecular complexity index is 675. The Morgan fingerprint density at radius 1 is 1.32 bits per heavy atom. The van der Waals surface area contributed by atoms with Gasteiger partial charge in [0.1, 0.15) is 5.76 Å². The monoisotopic (exact) mass is 345 g/mol. The summed E-state index contributed by atoms with van der Waals surface area (Å²) >= 11 is 0. The second-order valence-electron chi connectivity index (χ2n) is 7.82. The van der Waals surface area contributed by atoms with Gasteiger partial charge < -0.3 is 19.5 Å². The van der Waals surface area contributed by atoms with Gasteiger partial charge in [-0.3, -0.25) is 9.59 Å². The van der Waals surface area contributed by atoms with Crippen LogP contribution < -0.4 is 5.32 Å². The molecule has 1 N–H and O–H groups in total. The standard InChI is InChI=1S/C19H27N3O3/c1-3-8-21-11-14-15(12-21)19(20-17(14)23)6-9-22(10-7-19)18(24)16-5-4-13(2)25-16/h4-5,14-15H,3,6-12H2,1-2H3,(H,20,23)/t14-,15+/m1/s1. The van der Waals surface area contributed by atoms with E-state index in [1.807, 2.05) is 17.9 Å². The summed E-state index contributed by atoms with van der Waals surface area (Å²) in [6.07, 6.45) is 2.80. The minimum Gasteiger partial charge on any atom is -0.456 e. The van der Waals surface area contributed by atoms with Crippen molar-refractivity contribution in [3.63, 3.8) is 0 Å². The predicted molar refractivity (Wildman–Crippen MR) is 93.2 cm³/mol. The first-order valence-electron chi connectivity index (χ1n) is 9.42. The summed E-state index contributed by atoms with van der Waals surface area (Å²) in [7, 11) is 0. The second kappa shape index (κ2) is 6.16. The average molecular weight is 345 g/mol. The largest absolute Gasteiger partial charge is 0.456 e. The van der Waals surface area contributed by atoms with Crippen LogP contribution >= 0.6 is 0 Å². The number of rotatable bonds is 3. The van der Waals surface area contributed by atoms with Crippen LogP contribution in [0.3, 0.4) is 0 Å². The van der Waals surface area contributed by atoms with E-state index in [0.29, 0.717) is 24.8 Å². The quantitative estimate of drug-likeness (QED) is 0.905. The minimum absolute atomic E-state index is 0.0390. The lowest BCUT2D eigenvalue weighted by Crippen LogP contribution is -2.56. The molecule has 1 spiro atoms. The van der Waals surface area contributed by atoms with Crippen molar-refractivity contribution in [3.8, 4) is 0 Å². The van der Waals surface area contributed by atoms with Gasteiger partial charge in [-0.1, -0.05) is 6.92 Å². The molecule has 4 heterocycles. The van der Waals surface area contributed by atoms with Gasteiger partial charge in [0.05, 0.1) is 5.92 Å². The average Bonchev–Trinajstić information content (AvgIpc) is 3.27. The van der Waals surface area contributed by atoms with E-state index < -0.39 is 0 Å². The molecule has 6 heteroatoms. The van der Waals surface area contributed by atoms with E-state index >= 15 is 0 Å². The van der Waals surface area contributed by atoms with Crippen molar-refractivity contribution in [3.05, 3.63) is 23.7 Å². The maximum absolute atomic E-state index is 12.6. The van der Waals surface area contributed by atoms with Crippen LogP contribution in [0.5, 0.6) is 0 Å². The topological polar surface area (TPSA) is 65.8 Å². The molecule has 0 radical (unpaired) electrons. The van der Waals surface area contributed by atoms with E-state index in [-0.39, 0.29) is 23.3 Å². The lowest BCUT2D eigenvalue weighted by Gasteiger charge is -2.42. The summed E-state index contributed by atoms with van der Waals surface area (Å²) in [5.41, 5.74) is -0.125. The molecule has 0 aromatic carbocycles. The molecule has 4 rings (SSSR count). The zero-order valence-corrected chi connectivity index (χ0v) is 15.1. The van der Waals surface area contributed by atoms with Crippen molar-refractivity contribution < 1.29 is 14.0 Å². The number of carbonyl (C=O) groups is 2. The number of furan rings is 1. The van der Waals surface area contributed by atoms with Crippen LogP contribution in [0.15, 0.2) is 16.5 Å². The third-order valence-corrected chi connectivity index (χ3v) is 6.25. The van der Waals surface area contributed by atoms with Crippen molar-refractivity contribution >= 4 is 11.8 Å². The van der Waals surface area contributed by atoms with E-state index in [4.69, 9.17) is 4.42 Å². The molecule has 0 saturated carbocycles. The molecule has 2 amide bonds. The van der Waals surface area contributed by atoms with Gasteiger partial charge in [0.2, 0.25) is 5.91 Å². The smallest absolute Gasteiger partial charge is 0.289 e. The molecule has 1 aromatic rings. The van der Waals surface area contributed by atoms with Crippen molar-refractivity contribution in [1.29, 1.82) is 0 Å². The first-order chi connectivity index (χ1) is 12.0. The van der Waals surface area contributed by atoms with Gasteiger partial charge in [-0.15, -0.1) is 0 Å². The van der Waals surface area contributed by atoms with E-state index in [9.17, 15) is 9.59 Å². The number of piperidine rings is 1. The Morgan fingerprint density at radius 3 is 2.72 bits per heavy atom. The molecule has 1 aromatic heterocycles. The zero-order chi connectivity index (χ0) is 17.6. The number of fused-ring (bicyclic) bond motifs is 2. The van der Waals surface area contributed by atoms with Gasteiger partial charge in [-0.2, -0.15) is 0 Å². The Hall–Kier alpha value is -1.82. The van der Waals surface area contributed by atoms with Crippen LogP contribution in [0.2, 0.25) is 0 Å². The lowest BCUT2D eigenvalue weighted by molar-refractivity contribution is -0.123. The first-order valence-corrected chi connectivity index (χ1v) is 9.42. The fourth-order valence-electron chi connectivity index (χ4n) is 4.95. The third kappa shape index (κ3) is 2.76. The van der Waals surface area contributed by atoms with Crippen LogP contribution in [0, 0.1) is 18.8 Å². The van der Waals surface area contributed by atoms with Crippen LogP contribution in [0.1, 0.15) is 42.5 Å². The molecule has 136 valence electrons. The number of nitrogens with one attached hydrogen (secondary N) is 1. The molecule has 3 aliphatic rings. The Morgan fingerprint density at radius 2 is 2.08 bits per heavy atom. The van der Waals surface area contributed by atoms with Gasteiger partial charge in [0.25, 0.3) is 5.91 Å². The van der Waals surface area contributed by atoms with Crippen molar-refractivity contribution in [1.82, 2.24) is 15.1 Å². The Kier molecular flexibility index (Phi) is 4.10. The summed E-state index contributed by atoms with van der Waals surface area (Å²) in [6.45, 7) is 8.34. The third-order valence-electron chi connectivity index (χ3n) is 6.25. The maximum atomic E-state index is 12.6. The van der Waals surface area contributed by atoms with E-state index in [2.05, 4.69) is 17.1 Å². The fraction of sp³-hybridized carbons (Fsp3) is 0.684. The lowest BCUT2D eigenvalue weighted by atomic mass is 9.75. The molecular formula is C19H27N3O3. The van der Waals surface area contributed by atoms with Crippen LogP contribution in [0.25, 0.3) is 0 Å². The van der Waals surface area contributed by atoms with E-state index in [1.54, 1.807) is 6.07 Å². The summed E-state index contributed by atoms with van der Waals surface area (Å²) in [6, 6.07) is 3.57. The molecular weight excluding hydrogens is 318 g/mol. The van der Waals surface area contributed by atoms with Crippen LogP contribution in [0.4, 0.5) is 0 Å². The van der Waals surface area contributed by atoms with Gasteiger partial charge in [0.15, 0.2) is 5.76 Å². The molecule has 25 heavy (non-hydrogen) atoms. The van der Waals surface area contributed by atoms with Crippen molar-refractivity contribution in [2.45, 2.75) is 38.6 Å². The van der Waals surface area contributed by atoms with Crippen LogP contribution in [-0.4, -0.2) is 59.9 Å². The van der Waals surface area contributed by atoms with Gasteiger partial charge >= 0.3 is 0 Å². The fourth-order valence-corrected chi connectivity index (χ4v) is 4.95. The Balaban J connectivity index is 1.44. The molecule has 0 bridgehead atoms. The number of hydrogen-bond donors (Lipinski definition) is 1. The summed E-state index contributed by atoms with van der Waals surface area (Å²) in [5.74, 6) is 1.85. The highest BCUT2D eigenvalue weighted by Crippen LogP contribution is 2.44. The number of amides is 2. The SMILES string of the molecule is CCCN1C[C@H]2C(=O)NC3(CCN(C(=O)c4ccc(C)o4)CC3)[C@H]2C1. The van der Waals surface area contributed by atoms with E-state index in [1.165, 1.54) is 0 Å². The highest BCUT2D eigenvalue weighted by atomic mass is 16.3. The predicted octanol–water partition coefficient (Wildman–Crippen LogP) is 1.65. The number of aryl methyl sites for hydroxylation is 1. The number of carbonyl (C=O) groups excluding carboxylic acids is 2.